The zero-order chi connectivity index (χ0) is 13.1. The normalized spacial score (nSPS) is 15.2. The lowest BCUT2D eigenvalue weighted by Gasteiger charge is -2.24. The second-order valence-corrected chi connectivity index (χ2v) is 5.94. The van der Waals surface area contributed by atoms with E-state index in [9.17, 15) is 5.11 Å². The van der Waals surface area contributed by atoms with Gasteiger partial charge in [-0.3, -0.25) is 4.98 Å². The van der Waals surface area contributed by atoms with Crippen molar-refractivity contribution in [3.05, 3.63) is 29.3 Å². The number of hydrogen-bond acceptors (Lipinski definition) is 4. The van der Waals surface area contributed by atoms with Gasteiger partial charge in [0.25, 0.3) is 0 Å². The molecule has 0 radical (unpaired) electrons. The summed E-state index contributed by atoms with van der Waals surface area (Å²) in [6, 6.07) is 4.54. The van der Waals surface area contributed by atoms with Crippen LogP contribution in [0.25, 0.3) is 10.2 Å². The number of rotatable bonds is 5. The van der Waals surface area contributed by atoms with E-state index in [0.717, 1.165) is 5.52 Å². The molecule has 0 fully saturated rings. The van der Waals surface area contributed by atoms with Crippen LogP contribution < -0.4 is 5.32 Å². The first-order chi connectivity index (χ1) is 8.61. The first-order valence-corrected chi connectivity index (χ1v) is 7.20. The van der Waals surface area contributed by atoms with Gasteiger partial charge in [-0.1, -0.05) is 13.8 Å². The minimum Gasteiger partial charge on any atom is -0.395 e. The van der Waals surface area contributed by atoms with E-state index in [1.54, 1.807) is 11.3 Å². The molecule has 0 aliphatic rings. The topological polar surface area (TPSA) is 45.1 Å². The Morgan fingerprint density at radius 3 is 2.83 bits per heavy atom. The number of fused-ring (bicyclic) bond motifs is 1. The van der Waals surface area contributed by atoms with Gasteiger partial charge >= 0.3 is 0 Å². The SMILES string of the molecule is CC(NC(CO)C(C)C)c1cnc2ccsc2c1. The Kier molecular flexibility index (Phi) is 4.32. The quantitative estimate of drug-likeness (QED) is 0.872. The molecule has 18 heavy (non-hydrogen) atoms. The van der Waals surface area contributed by atoms with Crippen LogP contribution in [0.1, 0.15) is 32.4 Å². The summed E-state index contributed by atoms with van der Waals surface area (Å²) in [5, 5.41) is 14.9. The Balaban J connectivity index is 2.14. The maximum atomic E-state index is 9.35. The van der Waals surface area contributed by atoms with Gasteiger partial charge in [-0.2, -0.15) is 0 Å². The van der Waals surface area contributed by atoms with Gasteiger partial charge in [-0.25, -0.2) is 0 Å². The Labute approximate surface area is 112 Å². The largest absolute Gasteiger partial charge is 0.395 e. The zero-order valence-electron chi connectivity index (χ0n) is 11.1. The highest BCUT2D eigenvalue weighted by atomic mass is 32.1. The first-order valence-electron chi connectivity index (χ1n) is 6.32. The summed E-state index contributed by atoms with van der Waals surface area (Å²) in [4.78, 5) is 4.45. The highest BCUT2D eigenvalue weighted by molar-refractivity contribution is 7.17. The van der Waals surface area contributed by atoms with Crippen LogP contribution >= 0.6 is 11.3 Å². The van der Waals surface area contributed by atoms with E-state index in [1.807, 2.05) is 12.3 Å². The Morgan fingerprint density at radius 1 is 1.39 bits per heavy atom. The van der Waals surface area contributed by atoms with Crippen molar-refractivity contribution in [3.63, 3.8) is 0 Å². The summed E-state index contributed by atoms with van der Waals surface area (Å²) < 4.78 is 1.21. The fraction of sp³-hybridized carbons (Fsp3) is 0.500. The van der Waals surface area contributed by atoms with E-state index in [2.05, 4.69) is 42.5 Å². The minimum atomic E-state index is 0.124. The highest BCUT2D eigenvalue weighted by Crippen LogP contribution is 2.23. The Morgan fingerprint density at radius 2 is 2.17 bits per heavy atom. The van der Waals surface area contributed by atoms with Crippen LogP contribution in [-0.4, -0.2) is 22.7 Å². The molecule has 2 atom stereocenters. The monoisotopic (exact) mass is 264 g/mol. The third kappa shape index (κ3) is 2.88. The van der Waals surface area contributed by atoms with Crippen LogP contribution in [0.3, 0.4) is 0 Å². The van der Waals surface area contributed by atoms with Gasteiger partial charge in [-0.15, -0.1) is 11.3 Å². The lowest BCUT2D eigenvalue weighted by Crippen LogP contribution is -2.38. The standard InChI is InChI=1S/C14H20N2OS/c1-9(2)13(8-17)16-10(3)11-6-14-12(15-7-11)4-5-18-14/h4-7,9-10,13,16-17H,8H2,1-3H3. The third-order valence-electron chi connectivity index (χ3n) is 3.29. The smallest absolute Gasteiger partial charge is 0.0809 e. The van der Waals surface area contributed by atoms with Crippen molar-refractivity contribution in [2.75, 3.05) is 6.61 Å². The molecule has 2 heterocycles. The number of thiophene rings is 1. The van der Waals surface area contributed by atoms with Gasteiger partial charge in [0, 0.05) is 18.3 Å². The summed E-state index contributed by atoms with van der Waals surface area (Å²) >= 11 is 1.71. The fourth-order valence-corrected chi connectivity index (χ4v) is 2.76. The average Bonchev–Trinajstić information content (AvgIpc) is 2.82. The first kappa shape index (κ1) is 13.5. The van der Waals surface area contributed by atoms with Gasteiger partial charge < -0.3 is 10.4 Å². The molecular weight excluding hydrogens is 244 g/mol. The number of aromatic nitrogens is 1. The van der Waals surface area contributed by atoms with E-state index in [1.165, 1.54) is 10.3 Å². The minimum absolute atomic E-state index is 0.124. The van der Waals surface area contributed by atoms with Crippen molar-refractivity contribution in [1.29, 1.82) is 0 Å². The highest BCUT2D eigenvalue weighted by Gasteiger charge is 2.16. The predicted molar refractivity (Wildman–Crippen MR) is 76.9 cm³/mol. The molecule has 2 rings (SSSR count). The van der Waals surface area contributed by atoms with E-state index in [4.69, 9.17) is 0 Å². The lowest BCUT2D eigenvalue weighted by atomic mass is 10.0. The van der Waals surface area contributed by atoms with E-state index >= 15 is 0 Å². The number of aliphatic hydroxyl groups excluding tert-OH is 1. The van der Waals surface area contributed by atoms with Crippen LogP contribution in [0.15, 0.2) is 23.7 Å². The molecule has 0 aliphatic carbocycles. The maximum absolute atomic E-state index is 9.35. The van der Waals surface area contributed by atoms with Crippen molar-refractivity contribution in [3.8, 4) is 0 Å². The molecule has 0 aliphatic heterocycles. The molecule has 3 nitrogen and oxygen atoms in total. The predicted octanol–water partition coefficient (Wildman–Crippen LogP) is 2.96. The zero-order valence-corrected chi connectivity index (χ0v) is 11.9. The van der Waals surface area contributed by atoms with Gasteiger partial charge in [0.05, 0.1) is 16.8 Å². The summed E-state index contributed by atoms with van der Waals surface area (Å²) in [6.07, 6.45) is 1.92. The molecule has 0 amide bonds. The van der Waals surface area contributed by atoms with Gasteiger partial charge in [0.2, 0.25) is 0 Å². The van der Waals surface area contributed by atoms with Crippen LogP contribution in [0.4, 0.5) is 0 Å². The maximum Gasteiger partial charge on any atom is 0.0809 e. The van der Waals surface area contributed by atoms with E-state index in [-0.39, 0.29) is 18.7 Å². The van der Waals surface area contributed by atoms with Crippen LogP contribution in [0, 0.1) is 5.92 Å². The van der Waals surface area contributed by atoms with Crippen molar-refractivity contribution < 1.29 is 5.11 Å². The molecule has 2 aromatic heterocycles. The van der Waals surface area contributed by atoms with Crippen molar-refractivity contribution in [1.82, 2.24) is 10.3 Å². The molecule has 2 aromatic rings. The van der Waals surface area contributed by atoms with Crippen molar-refractivity contribution in [2.45, 2.75) is 32.9 Å². The molecule has 4 heteroatoms. The summed E-state index contributed by atoms with van der Waals surface area (Å²) in [5.74, 6) is 0.413. The summed E-state index contributed by atoms with van der Waals surface area (Å²) in [6.45, 7) is 6.50. The molecule has 0 aromatic carbocycles. The lowest BCUT2D eigenvalue weighted by molar-refractivity contribution is 0.201. The van der Waals surface area contributed by atoms with Gasteiger partial charge in [0.1, 0.15) is 0 Å². The second kappa shape index (κ2) is 5.78. The van der Waals surface area contributed by atoms with E-state index in [0.29, 0.717) is 5.92 Å². The van der Waals surface area contributed by atoms with Crippen LogP contribution in [0.5, 0.6) is 0 Å². The van der Waals surface area contributed by atoms with E-state index < -0.39 is 0 Å². The Hall–Kier alpha value is -0.970. The molecular formula is C14H20N2OS. The molecule has 0 saturated heterocycles. The van der Waals surface area contributed by atoms with Gasteiger partial charge in [0.15, 0.2) is 0 Å². The van der Waals surface area contributed by atoms with Crippen LogP contribution in [-0.2, 0) is 0 Å². The average molecular weight is 264 g/mol. The summed E-state index contributed by atoms with van der Waals surface area (Å²) in [5.41, 5.74) is 2.22. The van der Waals surface area contributed by atoms with Crippen LogP contribution in [0.2, 0.25) is 0 Å². The third-order valence-corrected chi connectivity index (χ3v) is 4.14. The molecule has 0 spiro atoms. The van der Waals surface area contributed by atoms with Crippen molar-refractivity contribution >= 4 is 21.6 Å². The molecule has 98 valence electrons. The molecule has 0 bridgehead atoms. The number of nitrogens with one attached hydrogen (secondary N) is 1. The van der Waals surface area contributed by atoms with Crippen molar-refractivity contribution in [2.24, 2.45) is 5.92 Å². The molecule has 0 saturated carbocycles. The number of pyridine rings is 1. The number of nitrogens with zero attached hydrogens (tertiary/aromatic N) is 1. The fourth-order valence-electron chi connectivity index (χ4n) is 1.97. The Bertz CT molecular complexity index is 509. The summed E-state index contributed by atoms with van der Waals surface area (Å²) in [7, 11) is 0. The molecule has 2 unspecified atom stereocenters. The van der Waals surface area contributed by atoms with Gasteiger partial charge in [-0.05, 0) is 35.9 Å². The number of hydrogen-bond donors (Lipinski definition) is 2. The second-order valence-electron chi connectivity index (χ2n) is 4.99. The number of aliphatic hydroxyl groups is 1. The molecule has 2 N–H and O–H groups in total.